The van der Waals surface area contributed by atoms with E-state index >= 15 is 0 Å². The van der Waals surface area contributed by atoms with Crippen LogP contribution in [0.2, 0.25) is 15.1 Å². The number of amides is 1. The van der Waals surface area contributed by atoms with E-state index in [9.17, 15) is 4.79 Å². The lowest BCUT2D eigenvalue weighted by Crippen LogP contribution is -2.14. The van der Waals surface area contributed by atoms with E-state index < -0.39 is 5.91 Å². The maximum absolute atomic E-state index is 13.2. The molecule has 0 bridgehead atoms. The van der Waals surface area contributed by atoms with E-state index in [0.29, 0.717) is 49.2 Å². The van der Waals surface area contributed by atoms with Crippen molar-refractivity contribution in [3.05, 3.63) is 87.5 Å². The maximum Gasteiger partial charge on any atom is 0.276 e. The number of halogens is 3. The minimum Gasteiger partial charge on any atom is -0.497 e. The smallest absolute Gasteiger partial charge is 0.276 e. The molecule has 9 heteroatoms. The summed E-state index contributed by atoms with van der Waals surface area (Å²) in [7, 11) is 3.06. The number of ether oxygens (including phenoxy) is 2. The Hall–Kier alpha value is -3.19. The topological polar surface area (TPSA) is 65.4 Å². The SMILES string of the molecule is COc1ccc(OC)c(NC(=O)c2cc(-c3ccccc3Cl)n(-c3ccc(Cl)cc3Cl)n2)c1. The van der Waals surface area contributed by atoms with Crippen molar-refractivity contribution in [2.24, 2.45) is 0 Å². The lowest BCUT2D eigenvalue weighted by Gasteiger charge is -2.11. The number of carbonyl (C=O) groups excluding carboxylic acids is 1. The molecule has 0 aliphatic carbocycles. The molecular formula is C24H18Cl3N3O3. The van der Waals surface area contributed by atoms with E-state index in [1.165, 1.54) is 7.11 Å². The van der Waals surface area contributed by atoms with Crippen LogP contribution in [0.25, 0.3) is 16.9 Å². The third kappa shape index (κ3) is 4.78. The van der Waals surface area contributed by atoms with Gasteiger partial charge in [0.05, 0.1) is 36.3 Å². The molecule has 0 aliphatic rings. The fraction of sp³-hybridized carbons (Fsp3) is 0.0833. The highest BCUT2D eigenvalue weighted by Gasteiger charge is 2.21. The number of methoxy groups -OCH3 is 2. The Morgan fingerprint density at radius 3 is 2.39 bits per heavy atom. The number of hydrogen-bond donors (Lipinski definition) is 1. The average Bonchev–Trinajstić information content (AvgIpc) is 3.24. The lowest BCUT2D eigenvalue weighted by molar-refractivity contribution is 0.102. The first kappa shape index (κ1) is 23.0. The third-order valence-electron chi connectivity index (χ3n) is 4.88. The van der Waals surface area contributed by atoms with Crippen LogP contribution in [-0.4, -0.2) is 29.9 Å². The number of nitrogens with one attached hydrogen (secondary N) is 1. The first-order valence-electron chi connectivity index (χ1n) is 9.75. The van der Waals surface area contributed by atoms with Crippen molar-refractivity contribution in [2.45, 2.75) is 0 Å². The molecule has 3 aromatic carbocycles. The Bertz CT molecular complexity index is 1340. The number of aromatic nitrogens is 2. The van der Waals surface area contributed by atoms with Gasteiger partial charge in [-0.3, -0.25) is 4.79 Å². The van der Waals surface area contributed by atoms with Crippen molar-refractivity contribution in [3.8, 4) is 28.4 Å². The van der Waals surface area contributed by atoms with Crippen molar-refractivity contribution in [1.29, 1.82) is 0 Å². The molecule has 168 valence electrons. The molecule has 0 radical (unpaired) electrons. The molecule has 33 heavy (non-hydrogen) atoms. The van der Waals surface area contributed by atoms with E-state index in [1.54, 1.807) is 60.3 Å². The molecule has 0 saturated carbocycles. The van der Waals surface area contributed by atoms with Crippen LogP contribution in [0.15, 0.2) is 66.7 Å². The summed E-state index contributed by atoms with van der Waals surface area (Å²) in [4.78, 5) is 13.2. The quantitative estimate of drug-likeness (QED) is 0.316. The van der Waals surface area contributed by atoms with Gasteiger partial charge in [-0.1, -0.05) is 53.0 Å². The third-order valence-corrected chi connectivity index (χ3v) is 5.75. The van der Waals surface area contributed by atoms with E-state index in [-0.39, 0.29) is 5.69 Å². The Morgan fingerprint density at radius 2 is 1.70 bits per heavy atom. The van der Waals surface area contributed by atoms with Gasteiger partial charge in [0.2, 0.25) is 0 Å². The van der Waals surface area contributed by atoms with Crippen LogP contribution in [0, 0.1) is 0 Å². The summed E-state index contributed by atoms with van der Waals surface area (Å²) in [5.41, 5.74) is 2.43. The highest BCUT2D eigenvalue weighted by molar-refractivity contribution is 6.36. The Balaban J connectivity index is 1.80. The van der Waals surface area contributed by atoms with Crippen molar-refractivity contribution >= 4 is 46.4 Å². The second-order valence-corrected chi connectivity index (χ2v) is 8.17. The summed E-state index contributed by atoms with van der Waals surface area (Å²) in [6, 6.07) is 19.1. The average molecular weight is 503 g/mol. The van der Waals surface area contributed by atoms with Crippen LogP contribution in [0.1, 0.15) is 10.5 Å². The number of rotatable bonds is 6. The van der Waals surface area contributed by atoms with Gasteiger partial charge >= 0.3 is 0 Å². The van der Waals surface area contributed by atoms with Crippen LogP contribution >= 0.6 is 34.8 Å². The number of anilines is 1. The zero-order chi connectivity index (χ0) is 23.5. The fourth-order valence-corrected chi connectivity index (χ4v) is 4.01. The highest BCUT2D eigenvalue weighted by atomic mass is 35.5. The normalized spacial score (nSPS) is 10.7. The molecule has 1 N–H and O–H groups in total. The molecule has 0 spiro atoms. The minimum atomic E-state index is -0.446. The Morgan fingerprint density at radius 1 is 0.909 bits per heavy atom. The zero-order valence-corrected chi connectivity index (χ0v) is 19.9. The molecule has 4 rings (SSSR count). The molecule has 0 unspecified atom stereocenters. The summed E-state index contributed by atoms with van der Waals surface area (Å²) in [5, 5.41) is 8.72. The highest BCUT2D eigenvalue weighted by Crippen LogP contribution is 2.34. The first-order valence-corrected chi connectivity index (χ1v) is 10.9. The number of hydrogen-bond acceptors (Lipinski definition) is 4. The molecule has 4 aromatic rings. The molecule has 6 nitrogen and oxygen atoms in total. The summed E-state index contributed by atoms with van der Waals surface area (Å²) in [6.45, 7) is 0. The van der Waals surface area contributed by atoms with Gasteiger partial charge in [0.15, 0.2) is 5.69 Å². The Labute approximate surface area is 205 Å². The predicted octanol–water partition coefficient (Wildman–Crippen LogP) is 6.77. The van der Waals surface area contributed by atoms with Crippen LogP contribution in [0.3, 0.4) is 0 Å². The van der Waals surface area contributed by atoms with Crippen molar-refractivity contribution < 1.29 is 14.3 Å². The van der Waals surface area contributed by atoms with Gasteiger partial charge in [0.1, 0.15) is 11.5 Å². The van der Waals surface area contributed by atoms with Crippen molar-refractivity contribution in [2.75, 3.05) is 19.5 Å². The van der Waals surface area contributed by atoms with Gasteiger partial charge in [-0.2, -0.15) is 5.10 Å². The van der Waals surface area contributed by atoms with Gasteiger partial charge in [0, 0.05) is 21.7 Å². The van der Waals surface area contributed by atoms with Gasteiger partial charge < -0.3 is 14.8 Å². The van der Waals surface area contributed by atoms with E-state index in [1.807, 2.05) is 18.2 Å². The first-order chi connectivity index (χ1) is 15.9. The second-order valence-electron chi connectivity index (χ2n) is 6.92. The molecule has 0 aliphatic heterocycles. The van der Waals surface area contributed by atoms with Crippen molar-refractivity contribution in [3.63, 3.8) is 0 Å². The largest absolute Gasteiger partial charge is 0.497 e. The van der Waals surface area contributed by atoms with Gasteiger partial charge in [0.25, 0.3) is 5.91 Å². The van der Waals surface area contributed by atoms with Crippen molar-refractivity contribution in [1.82, 2.24) is 9.78 Å². The number of benzene rings is 3. The molecule has 1 aromatic heterocycles. The van der Waals surface area contributed by atoms with Gasteiger partial charge in [-0.15, -0.1) is 0 Å². The molecule has 1 amide bonds. The van der Waals surface area contributed by atoms with E-state index in [0.717, 1.165) is 0 Å². The lowest BCUT2D eigenvalue weighted by atomic mass is 10.1. The zero-order valence-electron chi connectivity index (χ0n) is 17.6. The molecular weight excluding hydrogens is 485 g/mol. The Kier molecular flexibility index (Phi) is 6.79. The van der Waals surface area contributed by atoms with E-state index in [2.05, 4.69) is 10.4 Å². The second kappa shape index (κ2) is 9.75. The molecule has 0 atom stereocenters. The summed E-state index contributed by atoms with van der Waals surface area (Å²) in [5.74, 6) is 0.607. The summed E-state index contributed by atoms with van der Waals surface area (Å²) >= 11 is 19.0. The van der Waals surface area contributed by atoms with Crippen LogP contribution in [0.4, 0.5) is 5.69 Å². The predicted molar refractivity (Wildman–Crippen MR) is 132 cm³/mol. The number of carbonyl (C=O) groups is 1. The monoisotopic (exact) mass is 501 g/mol. The van der Waals surface area contributed by atoms with Crippen LogP contribution in [0.5, 0.6) is 11.5 Å². The van der Waals surface area contributed by atoms with E-state index in [4.69, 9.17) is 44.3 Å². The standard InChI is InChI=1S/C24H18Cl3N3O3/c1-32-15-8-10-23(33-2)19(12-15)28-24(31)20-13-22(16-5-3-4-6-17(16)26)30(29-20)21-9-7-14(25)11-18(21)27/h3-13H,1-2H3,(H,28,31). The molecule has 0 saturated heterocycles. The minimum absolute atomic E-state index is 0.154. The molecule has 1 heterocycles. The summed E-state index contributed by atoms with van der Waals surface area (Å²) in [6.07, 6.45) is 0. The summed E-state index contributed by atoms with van der Waals surface area (Å²) < 4.78 is 12.2. The van der Waals surface area contributed by atoms with Gasteiger partial charge in [-0.05, 0) is 42.5 Å². The maximum atomic E-state index is 13.2. The van der Waals surface area contributed by atoms with Gasteiger partial charge in [-0.25, -0.2) is 4.68 Å². The fourth-order valence-electron chi connectivity index (χ4n) is 3.29. The van der Waals surface area contributed by atoms with Crippen LogP contribution in [-0.2, 0) is 0 Å². The molecule has 0 fully saturated rings. The number of nitrogens with zero attached hydrogens (tertiary/aromatic N) is 2. The van der Waals surface area contributed by atoms with Crippen LogP contribution < -0.4 is 14.8 Å².